The quantitative estimate of drug-likeness (QED) is 0.561. The molecule has 2 rings (SSSR count). The topological polar surface area (TPSA) is 92.5 Å². The van der Waals surface area contributed by atoms with E-state index in [1.807, 2.05) is 6.07 Å². The second kappa shape index (κ2) is 8.33. The Balaban J connectivity index is 2.06. The number of carbonyl (C=O) groups excluding carboxylic acids is 3. The molecule has 0 spiro atoms. The number of rotatable bonds is 7. The first-order valence-electron chi connectivity index (χ1n) is 7.25. The highest BCUT2D eigenvalue weighted by Crippen LogP contribution is 2.29. The maximum absolute atomic E-state index is 12.1. The van der Waals surface area contributed by atoms with Gasteiger partial charge in [0.15, 0.2) is 0 Å². The van der Waals surface area contributed by atoms with Gasteiger partial charge in [-0.3, -0.25) is 14.4 Å². The number of hydrogen-bond acceptors (Lipinski definition) is 5. The Labute approximate surface area is 143 Å². The van der Waals surface area contributed by atoms with Crippen molar-refractivity contribution in [3.63, 3.8) is 0 Å². The molecule has 23 heavy (non-hydrogen) atoms. The van der Waals surface area contributed by atoms with Crippen molar-refractivity contribution in [2.45, 2.75) is 12.8 Å². The maximum Gasteiger partial charge on any atom is 0.305 e. The average Bonchev–Trinajstić information content (AvgIpc) is 2.51. The number of halogens is 1. The van der Waals surface area contributed by atoms with Crippen molar-refractivity contribution in [1.29, 1.82) is 0 Å². The number of nitrogens with two attached hydrogens (primary N) is 1. The molecular weight excluding hydrogens is 338 g/mol. The molecular formula is C15H18ClN3O3S. The molecule has 124 valence electrons. The number of aryl methyl sites for hydroxylation is 1. The first-order chi connectivity index (χ1) is 11.0. The summed E-state index contributed by atoms with van der Waals surface area (Å²) < 4.78 is 0. The molecule has 0 saturated carbocycles. The Kier molecular flexibility index (Phi) is 6.44. The third kappa shape index (κ3) is 4.95. The van der Waals surface area contributed by atoms with Crippen LogP contribution in [0.5, 0.6) is 0 Å². The molecule has 6 nitrogen and oxygen atoms in total. The maximum atomic E-state index is 12.1. The largest absolute Gasteiger partial charge is 0.369 e. The summed E-state index contributed by atoms with van der Waals surface area (Å²) in [6.07, 6.45) is 1.47. The number of nitrogens with one attached hydrogen (secondary N) is 1. The molecule has 1 aromatic carbocycles. The van der Waals surface area contributed by atoms with Gasteiger partial charge in [-0.25, -0.2) is 0 Å². The molecule has 1 fully saturated rings. The average molecular weight is 356 g/mol. The Hall–Kier alpha value is -1.57. The van der Waals surface area contributed by atoms with E-state index in [2.05, 4.69) is 5.32 Å². The van der Waals surface area contributed by atoms with E-state index < -0.39 is 16.9 Å². The van der Waals surface area contributed by atoms with Gasteiger partial charge in [0, 0.05) is 23.0 Å². The van der Waals surface area contributed by atoms with Crippen LogP contribution in [-0.2, 0) is 20.8 Å². The third-order valence-electron chi connectivity index (χ3n) is 3.40. The van der Waals surface area contributed by atoms with Crippen LogP contribution in [0.1, 0.15) is 12.0 Å². The number of amides is 2. The number of thioether (sulfide) groups is 1. The van der Waals surface area contributed by atoms with E-state index in [0.29, 0.717) is 36.0 Å². The summed E-state index contributed by atoms with van der Waals surface area (Å²) in [6, 6.07) is 5.35. The van der Waals surface area contributed by atoms with Crippen LogP contribution in [0.15, 0.2) is 18.2 Å². The highest BCUT2D eigenvalue weighted by molar-refractivity contribution is 8.15. The fourth-order valence-electron chi connectivity index (χ4n) is 2.35. The van der Waals surface area contributed by atoms with Gasteiger partial charge < -0.3 is 16.0 Å². The van der Waals surface area contributed by atoms with Gasteiger partial charge in [0.05, 0.1) is 6.54 Å². The summed E-state index contributed by atoms with van der Waals surface area (Å²) in [7, 11) is 0. The van der Waals surface area contributed by atoms with Gasteiger partial charge in [0.1, 0.15) is 0 Å². The van der Waals surface area contributed by atoms with Crippen LogP contribution in [0.2, 0.25) is 5.02 Å². The molecule has 1 aliphatic heterocycles. The molecule has 3 N–H and O–H groups in total. The second-order valence-electron chi connectivity index (χ2n) is 5.11. The zero-order chi connectivity index (χ0) is 16.8. The van der Waals surface area contributed by atoms with Crippen molar-refractivity contribution >= 4 is 46.0 Å². The van der Waals surface area contributed by atoms with Crippen molar-refractivity contribution in [3.05, 3.63) is 28.8 Å². The fourth-order valence-corrected chi connectivity index (χ4v) is 3.21. The molecule has 1 aliphatic rings. The smallest absolute Gasteiger partial charge is 0.305 e. The van der Waals surface area contributed by atoms with Crippen LogP contribution in [-0.4, -0.2) is 42.3 Å². The fraction of sp³-hybridized carbons (Fsp3) is 0.400. The molecule has 0 bridgehead atoms. The van der Waals surface area contributed by atoms with Gasteiger partial charge >= 0.3 is 5.91 Å². The Morgan fingerprint density at radius 2 is 2.17 bits per heavy atom. The summed E-state index contributed by atoms with van der Waals surface area (Å²) in [5.41, 5.74) is 6.69. The number of anilines is 1. The summed E-state index contributed by atoms with van der Waals surface area (Å²) in [5, 5.41) is 3.03. The minimum Gasteiger partial charge on any atom is -0.369 e. The van der Waals surface area contributed by atoms with Crippen molar-refractivity contribution in [2.24, 2.45) is 5.73 Å². The lowest BCUT2D eigenvalue weighted by Crippen LogP contribution is -2.41. The van der Waals surface area contributed by atoms with Crippen LogP contribution < -0.4 is 16.0 Å². The van der Waals surface area contributed by atoms with Gasteiger partial charge in [0.2, 0.25) is 5.91 Å². The predicted octanol–water partition coefficient (Wildman–Crippen LogP) is 0.954. The molecule has 0 aliphatic carbocycles. The van der Waals surface area contributed by atoms with E-state index in [1.54, 1.807) is 12.1 Å². The van der Waals surface area contributed by atoms with Crippen LogP contribution in [0.25, 0.3) is 0 Å². The van der Waals surface area contributed by atoms with Gasteiger partial charge in [-0.2, -0.15) is 0 Å². The normalized spacial score (nSPS) is 15.1. The highest BCUT2D eigenvalue weighted by Gasteiger charge is 2.29. The molecule has 0 radical (unpaired) electrons. The SMILES string of the molecule is NC(=O)CNCCCc1ccc(Cl)cc1N1CCSC(=O)C1=O. The first-order valence-corrected chi connectivity index (χ1v) is 8.61. The molecule has 1 saturated heterocycles. The summed E-state index contributed by atoms with van der Waals surface area (Å²) in [6.45, 7) is 1.26. The summed E-state index contributed by atoms with van der Waals surface area (Å²) in [5.74, 6) is -0.319. The van der Waals surface area contributed by atoms with Gasteiger partial charge in [0.25, 0.3) is 5.12 Å². The van der Waals surface area contributed by atoms with Crippen LogP contribution in [0.4, 0.5) is 5.69 Å². The number of carbonyl (C=O) groups is 3. The van der Waals surface area contributed by atoms with Crippen molar-refractivity contribution in [2.75, 3.05) is 30.3 Å². The van der Waals surface area contributed by atoms with E-state index in [4.69, 9.17) is 17.3 Å². The standard InChI is InChI=1S/C15H18ClN3O3S/c16-11-4-3-10(2-1-5-18-9-13(17)20)12(8-11)19-6-7-23-15(22)14(19)21/h3-4,8,18H,1-2,5-7,9H2,(H2,17,20). The predicted molar refractivity (Wildman–Crippen MR) is 91.7 cm³/mol. The molecule has 1 aromatic rings. The zero-order valence-corrected chi connectivity index (χ0v) is 14.1. The molecule has 8 heteroatoms. The molecule has 0 unspecified atom stereocenters. The van der Waals surface area contributed by atoms with E-state index in [9.17, 15) is 14.4 Å². The molecule has 1 heterocycles. The van der Waals surface area contributed by atoms with Crippen LogP contribution >= 0.6 is 23.4 Å². The van der Waals surface area contributed by atoms with Crippen LogP contribution in [0.3, 0.4) is 0 Å². The Morgan fingerprint density at radius 1 is 1.39 bits per heavy atom. The lowest BCUT2D eigenvalue weighted by atomic mass is 10.1. The van der Waals surface area contributed by atoms with Crippen LogP contribution in [0, 0.1) is 0 Å². The summed E-state index contributed by atoms with van der Waals surface area (Å²) in [4.78, 5) is 35.9. The molecule has 0 aromatic heterocycles. The lowest BCUT2D eigenvalue weighted by Gasteiger charge is -2.27. The van der Waals surface area contributed by atoms with E-state index >= 15 is 0 Å². The van der Waals surface area contributed by atoms with Gasteiger partial charge in [-0.15, -0.1) is 0 Å². The number of nitrogens with zero attached hydrogens (tertiary/aromatic N) is 1. The number of hydrogen-bond donors (Lipinski definition) is 2. The Bertz CT molecular complexity index is 624. The lowest BCUT2D eigenvalue weighted by molar-refractivity contribution is -0.131. The second-order valence-corrected chi connectivity index (χ2v) is 6.62. The zero-order valence-electron chi connectivity index (χ0n) is 12.5. The molecule has 0 atom stereocenters. The minimum absolute atomic E-state index is 0.143. The van der Waals surface area contributed by atoms with Crippen molar-refractivity contribution < 1.29 is 14.4 Å². The van der Waals surface area contributed by atoms with E-state index in [1.165, 1.54) is 4.90 Å². The van der Waals surface area contributed by atoms with Gasteiger partial charge in [-0.1, -0.05) is 29.4 Å². The monoisotopic (exact) mass is 355 g/mol. The highest BCUT2D eigenvalue weighted by atomic mass is 35.5. The Morgan fingerprint density at radius 3 is 2.91 bits per heavy atom. The minimum atomic E-state index is -0.503. The number of primary amides is 1. The first kappa shape index (κ1) is 17.8. The van der Waals surface area contributed by atoms with E-state index in [-0.39, 0.29) is 6.54 Å². The van der Waals surface area contributed by atoms with E-state index in [0.717, 1.165) is 23.7 Å². The third-order valence-corrected chi connectivity index (χ3v) is 4.46. The van der Waals surface area contributed by atoms with Crippen molar-refractivity contribution in [1.82, 2.24) is 5.32 Å². The van der Waals surface area contributed by atoms with Crippen molar-refractivity contribution in [3.8, 4) is 0 Å². The number of benzene rings is 1. The molecule has 2 amide bonds. The summed E-state index contributed by atoms with van der Waals surface area (Å²) >= 11 is 7.09. The van der Waals surface area contributed by atoms with Gasteiger partial charge in [-0.05, 0) is 37.1 Å².